The van der Waals surface area contributed by atoms with Gasteiger partial charge in [0.15, 0.2) is 5.82 Å². The number of hydrogen-bond donors (Lipinski definition) is 2. The van der Waals surface area contributed by atoms with Crippen molar-refractivity contribution in [1.29, 1.82) is 0 Å². The van der Waals surface area contributed by atoms with Gasteiger partial charge in [0.05, 0.1) is 11.2 Å². The first-order valence-electron chi connectivity index (χ1n) is 6.35. The van der Waals surface area contributed by atoms with Gasteiger partial charge in [-0.1, -0.05) is 12.2 Å². The second-order valence-electron chi connectivity index (χ2n) is 4.79. The number of nitrogens with zero attached hydrogens (tertiary/aromatic N) is 3. The Morgan fingerprint density at radius 3 is 2.80 bits per heavy atom. The lowest BCUT2D eigenvalue weighted by Gasteiger charge is -2.25. The van der Waals surface area contributed by atoms with Crippen molar-refractivity contribution in [1.82, 2.24) is 15.0 Å². The molecule has 20 heavy (non-hydrogen) atoms. The summed E-state index contributed by atoms with van der Waals surface area (Å²) in [4.78, 5) is 13.0. The Morgan fingerprint density at radius 1 is 1.20 bits per heavy atom. The van der Waals surface area contributed by atoms with Gasteiger partial charge in [-0.25, -0.2) is 9.97 Å². The molecule has 2 heterocycles. The zero-order valence-corrected chi connectivity index (χ0v) is 10.9. The third-order valence-corrected chi connectivity index (χ3v) is 3.28. The Morgan fingerprint density at radius 2 is 2.10 bits per heavy atom. The van der Waals surface area contributed by atoms with E-state index in [-0.39, 0.29) is 0 Å². The Bertz CT molecular complexity index is 678. The topological polar surface area (TPSA) is 90.7 Å². The van der Waals surface area contributed by atoms with E-state index in [9.17, 15) is 0 Å². The summed E-state index contributed by atoms with van der Waals surface area (Å²) in [6.07, 6.45) is 11.3. The van der Waals surface area contributed by atoms with Crippen LogP contribution >= 0.6 is 0 Å². The molecule has 0 saturated carbocycles. The van der Waals surface area contributed by atoms with Gasteiger partial charge in [0.1, 0.15) is 0 Å². The lowest BCUT2D eigenvalue weighted by Crippen LogP contribution is -2.37. The maximum atomic E-state index is 6.36. The molecule has 1 aliphatic rings. The fourth-order valence-corrected chi connectivity index (χ4v) is 2.09. The van der Waals surface area contributed by atoms with Gasteiger partial charge < -0.3 is 11.5 Å². The minimum Gasteiger partial charge on any atom is -0.399 e. The number of nitrogens with two attached hydrogens (primary N) is 2. The minimum absolute atomic E-state index is 0.582. The zero-order chi connectivity index (χ0) is 14.0. The van der Waals surface area contributed by atoms with Crippen molar-refractivity contribution in [2.45, 2.75) is 12.0 Å². The Hall–Kier alpha value is -2.53. The largest absolute Gasteiger partial charge is 0.399 e. The molecule has 0 aromatic carbocycles. The van der Waals surface area contributed by atoms with Crippen LogP contribution in [0.2, 0.25) is 0 Å². The smallest absolute Gasteiger partial charge is 0.152 e. The van der Waals surface area contributed by atoms with Gasteiger partial charge in [-0.3, -0.25) is 4.98 Å². The zero-order valence-electron chi connectivity index (χ0n) is 10.9. The predicted molar refractivity (Wildman–Crippen MR) is 77.2 cm³/mol. The summed E-state index contributed by atoms with van der Waals surface area (Å²) < 4.78 is 0. The standard InChI is InChI=1S/C15H15N5/c16-12-3-6-15(17,7-4-12)14-19-9-5-13(20-14)11-2-1-8-18-10-11/h1-6,8-10H,7,16-17H2. The van der Waals surface area contributed by atoms with E-state index in [1.54, 1.807) is 24.7 Å². The van der Waals surface area contributed by atoms with Gasteiger partial charge in [0, 0.05) is 29.9 Å². The van der Waals surface area contributed by atoms with E-state index in [0.29, 0.717) is 12.2 Å². The number of pyridine rings is 1. The molecule has 2 aromatic rings. The van der Waals surface area contributed by atoms with Crippen molar-refractivity contribution >= 4 is 0 Å². The Kier molecular flexibility index (Phi) is 3.04. The van der Waals surface area contributed by atoms with E-state index in [1.807, 2.05) is 30.4 Å². The van der Waals surface area contributed by atoms with E-state index < -0.39 is 5.54 Å². The first-order chi connectivity index (χ1) is 9.67. The van der Waals surface area contributed by atoms with Gasteiger partial charge >= 0.3 is 0 Å². The molecule has 0 spiro atoms. The summed E-state index contributed by atoms with van der Waals surface area (Å²) in [7, 11) is 0. The molecule has 0 saturated heterocycles. The molecular weight excluding hydrogens is 250 g/mol. The summed E-state index contributed by atoms with van der Waals surface area (Å²) in [6, 6.07) is 5.68. The van der Waals surface area contributed by atoms with Crippen LogP contribution in [0.1, 0.15) is 12.2 Å². The van der Waals surface area contributed by atoms with E-state index >= 15 is 0 Å². The fourth-order valence-electron chi connectivity index (χ4n) is 2.09. The molecular formula is C15H15N5. The molecule has 1 atom stereocenters. The third-order valence-electron chi connectivity index (χ3n) is 3.28. The van der Waals surface area contributed by atoms with Crippen molar-refractivity contribution < 1.29 is 0 Å². The molecule has 5 heteroatoms. The molecule has 100 valence electrons. The van der Waals surface area contributed by atoms with E-state index in [4.69, 9.17) is 11.5 Å². The van der Waals surface area contributed by atoms with Crippen LogP contribution in [0.4, 0.5) is 0 Å². The molecule has 0 amide bonds. The maximum absolute atomic E-state index is 6.36. The highest BCUT2D eigenvalue weighted by Crippen LogP contribution is 2.26. The third kappa shape index (κ3) is 2.31. The molecule has 4 N–H and O–H groups in total. The predicted octanol–water partition coefficient (Wildman–Crippen LogP) is 1.50. The second kappa shape index (κ2) is 4.86. The molecule has 5 nitrogen and oxygen atoms in total. The Balaban J connectivity index is 1.99. The fraction of sp³-hybridized carbons (Fsp3) is 0.133. The highest BCUT2D eigenvalue weighted by atomic mass is 15.0. The summed E-state index contributed by atoms with van der Waals surface area (Å²) in [5.74, 6) is 0.582. The van der Waals surface area contributed by atoms with Crippen LogP contribution in [0.5, 0.6) is 0 Å². The van der Waals surface area contributed by atoms with Gasteiger partial charge in [-0.15, -0.1) is 0 Å². The normalized spacial score (nSPS) is 21.6. The quantitative estimate of drug-likeness (QED) is 0.858. The van der Waals surface area contributed by atoms with Gasteiger partial charge in [0.25, 0.3) is 0 Å². The minimum atomic E-state index is -0.707. The van der Waals surface area contributed by atoms with Crippen LogP contribution in [0.3, 0.4) is 0 Å². The van der Waals surface area contributed by atoms with E-state index in [2.05, 4.69) is 15.0 Å². The highest BCUT2D eigenvalue weighted by molar-refractivity contribution is 5.57. The van der Waals surface area contributed by atoms with Crippen molar-refractivity contribution in [2.24, 2.45) is 11.5 Å². The van der Waals surface area contributed by atoms with Gasteiger partial charge in [-0.05, 0) is 30.7 Å². The van der Waals surface area contributed by atoms with Crippen LogP contribution in [0.25, 0.3) is 11.3 Å². The first kappa shape index (κ1) is 12.5. The molecule has 0 fully saturated rings. The molecule has 3 rings (SSSR count). The average Bonchev–Trinajstić information content (AvgIpc) is 2.51. The number of hydrogen-bond acceptors (Lipinski definition) is 5. The van der Waals surface area contributed by atoms with Crippen LogP contribution < -0.4 is 11.5 Å². The molecule has 1 unspecified atom stereocenters. The SMILES string of the molecule is NC1=CCC(N)(c2nccc(-c3cccnc3)n2)C=C1. The highest BCUT2D eigenvalue weighted by Gasteiger charge is 2.28. The molecule has 0 bridgehead atoms. The summed E-state index contributed by atoms with van der Waals surface area (Å²) >= 11 is 0. The molecule has 0 aliphatic heterocycles. The first-order valence-corrected chi connectivity index (χ1v) is 6.35. The lowest BCUT2D eigenvalue weighted by molar-refractivity contribution is 0.523. The molecule has 2 aromatic heterocycles. The van der Waals surface area contributed by atoms with Crippen LogP contribution in [0.15, 0.2) is 60.7 Å². The summed E-state index contributed by atoms with van der Waals surface area (Å²) in [6.45, 7) is 0. The number of allylic oxidation sites excluding steroid dienone is 1. The molecule has 0 radical (unpaired) electrons. The van der Waals surface area contributed by atoms with Crippen molar-refractivity contribution in [2.75, 3.05) is 0 Å². The lowest BCUT2D eigenvalue weighted by atomic mass is 9.90. The van der Waals surface area contributed by atoms with Crippen molar-refractivity contribution in [3.63, 3.8) is 0 Å². The summed E-state index contributed by atoms with van der Waals surface area (Å²) in [5, 5.41) is 0. The second-order valence-corrected chi connectivity index (χ2v) is 4.79. The molecule has 1 aliphatic carbocycles. The van der Waals surface area contributed by atoms with Crippen LogP contribution in [-0.4, -0.2) is 15.0 Å². The van der Waals surface area contributed by atoms with Crippen LogP contribution in [-0.2, 0) is 5.54 Å². The van der Waals surface area contributed by atoms with E-state index in [1.165, 1.54) is 0 Å². The van der Waals surface area contributed by atoms with Crippen molar-refractivity contribution in [3.05, 3.63) is 66.5 Å². The average molecular weight is 265 g/mol. The number of rotatable bonds is 2. The van der Waals surface area contributed by atoms with E-state index in [0.717, 1.165) is 17.0 Å². The monoisotopic (exact) mass is 265 g/mol. The van der Waals surface area contributed by atoms with Gasteiger partial charge in [0.2, 0.25) is 0 Å². The summed E-state index contributed by atoms with van der Waals surface area (Å²) in [5.41, 5.74) is 13.8. The number of aromatic nitrogens is 3. The van der Waals surface area contributed by atoms with Gasteiger partial charge in [-0.2, -0.15) is 0 Å². The van der Waals surface area contributed by atoms with Crippen LogP contribution in [0, 0.1) is 0 Å². The maximum Gasteiger partial charge on any atom is 0.152 e. The Labute approximate surface area is 117 Å². The van der Waals surface area contributed by atoms with Crippen molar-refractivity contribution in [3.8, 4) is 11.3 Å².